The van der Waals surface area contributed by atoms with E-state index in [2.05, 4.69) is 30.5 Å². The van der Waals surface area contributed by atoms with Gasteiger partial charge in [-0.05, 0) is 26.2 Å². The zero-order chi connectivity index (χ0) is 11.4. The third-order valence-electron chi connectivity index (χ3n) is 3.07. The van der Waals surface area contributed by atoms with Gasteiger partial charge in [0.05, 0.1) is 24.5 Å². The van der Waals surface area contributed by atoms with Crippen molar-refractivity contribution in [1.29, 1.82) is 0 Å². The zero-order valence-corrected chi connectivity index (χ0v) is 10.1. The van der Waals surface area contributed by atoms with E-state index in [9.17, 15) is 0 Å². The van der Waals surface area contributed by atoms with E-state index in [1.54, 1.807) is 0 Å². The Hall–Kier alpha value is -1.03. The lowest BCUT2D eigenvalue weighted by atomic mass is 10.2. The first-order valence-electron chi connectivity index (χ1n) is 6.18. The van der Waals surface area contributed by atoms with Crippen molar-refractivity contribution in [3.8, 4) is 0 Å². The van der Waals surface area contributed by atoms with Crippen LogP contribution in [0.25, 0.3) is 0 Å². The summed E-state index contributed by atoms with van der Waals surface area (Å²) in [5.74, 6) is 0. The third-order valence-corrected chi connectivity index (χ3v) is 3.07. The second-order valence-electron chi connectivity index (χ2n) is 4.54. The molecule has 2 atom stereocenters. The highest BCUT2D eigenvalue weighted by molar-refractivity contribution is 5.38. The lowest BCUT2D eigenvalue weighted by Crippen LogP contribution is -2.15. The molecule has 1 N–H and O–H groups in total. The number of rotatable bonds is 5. The molecule has 0 amide bonds. The van der Waals surface area contributed by atoms with Crippen molar-refractivity contribution in [2.24, 2.45) is 0 Å². The topological polar surface area (TPSA) is 39.1 Å². The summed E-state index contributed by atoms with van der Waals surface area (Å²) in [4.78, 5) is 0. The molecule has 90 valence electrons. The predicted octanol–water partition coefficient (Wildman–Crippen LogP) is 2.27. The molecule has 16 heavy (non-hydrogen) atoms. The molecule has 4 heteroatoms. The highest BCUT2D eigenvalue weighted by Gasteiger charge is 2.16. The van der Waals surface area contributed by atoms with Gasteiger partial charge in [0.15, 0.2) is 0 Å². The Kier molecular flexibility index (Phi) is 3.83. The molecule has 1 saturated heterocycles. The van der Waals surface area contributed by atoms with Gasteiger partial charge in [-0.2, -0.15) is 5.10 Å². The summed E-state index contributed by atoms with van der Waals surface area (Å²) in [6.07, 6.45) is 7.78. The fourth-order valence-electron chi connectivity index (χ4n) is 1.92. The van der Waals surface area contributed by atoms with Gasteiger partial charge in [0.2, 0.25) is 0 Å². The molecule has 0 aliphatic carbocycles. The molecular weight excluding hydrogens is 202 g/mol. The van der Waals surface area contributed by atoms with Gasteiger partial charge in [0, 0.05) is 18.8 Å². The van der Waals surface area contributed by atoms with Crippen molar-refractivity contribution >= 4 is 5.69 Å². The fraction of sp³-hybridized carbons (Fsp3) is 0.750. The molecule has 1 fully saturated rings. The van der Waals surface area contributed by atoms with E-state index >= 15 is 0 Å². The van der Waals surface area contributed by atoms with Gasteiger partial charge in [-0.1, -0.05) is 6.92 Å². The summed E-state index contributed by atoms with van der Waals surface area (Å²) in [6, 6.07) is 0.500. The van der Waals surface area contributed by atoms with Gasteiger partial charge < -0.3 is 10.1 Å². The second-order valence-corrected chi connectivity index (χ2v) is 4.54. The Morgan fingerprint density at radius 2 is 2.56 bits per heavy atom. The van der Waals surface area contributed by atoms with Crippen LogP contribution in [0.3, 0.4) is 0 Å². The standard InChI is InChI=1S/C12H21N3O/c1-3-10(2)14-11-7-13-15(8-11)9-12-5-4-6-16-12/h7-8,10,12,14H,3-6,9H2,1-2H3. The van der Waals surface area contributed by atoms with Crippen LogP contribution in [0.4, 0.5) is 5.69 Å². The molecule has 0 radical (unpaired) electrons. The van der Waals surface area contributed by atoms with Gasteiger partial charge in [-0.3, -0.25) is 4.68 Å². The van der Waals surface area contributed by atoms with Crippen molar-refractivity contribution < 1.29 is 4.74 Å². The summed E-state index contributed by atoms with van der Waals surface area (Å²) in [5.41, 5.74) is 1.10. The van der Waals surface area contributed by atoms with Crippen LogP contribution < -0.4 is 5.32 Å². The van der Waals surface area contributed by atoms with Gasteiger partial charge in [0.1, 0.15) is 0 Å². The maximum absolute atomic E-state index is 5.59. The van der Waals surface area contributed by atoms with E-state index in [1.165, 1.54) is 6.42 Å². The molecule has 1 aromatic rings. The Balaban J connectivity index is 1.86. The van der Waals surface area contributed by atoms with Gasteiger partial charge >= 0.3 is 0 Å². The maximum atomic E-state index is 5.59. The number of aromatic nitrogens is 2. The van der Waals surface area contributed by atoms with Crippen molar-refractivity contribution in [1.82, 2.24) is 9.78 Å². The largest absolute Gasteiger partial charge is 0.380 e. The molecule has 0 aromatic carbocycles. The smallest absolute Gasteiger partial charge is 0.0771 e. The minimum atomic E-state index is 0.358. The van der Waals surface area contributed by atoms with Crippen LogP contribution in [0.5, 0.6) is 0 Å². The van der Waals surface area contributed by atoms with Gasteiger partial charge in [-0.15, -0.1) is 0 Å². The molecule has 0 saturated carbocycles. The maximum Gasteiger partial charge on any atom is 0.0771 e. The first kappa shape index (κ1) is 11.5. The van der Waals surface area contributed by atoms with E-state index in [0.29, 0.717) is 12.1 Å². The monoisotopic (exact) mass is 223 g/mol. The number of nitrogens with zero attached hydrogens (tertiary/aromatic N) is 2. The Morgan fingerprint density at radius 1 is 1.69 bits per heavy atom. The quantitative estimate of drug-likeness (QED) is 0.832. The number of hydrogen-bond acceptors (Lipinski definition) is 3. The number of hydrogen-bond donors (Lipinski definition) is 1. The molecule has 2 unspecified atom stereocenters. The average molecular weight is 223 g/mol. The summed E-state index contributed by atoms with van der Waals surface area (Å²) in [6.45, 7) is 6.14. The van der Waals surface area contributed by atoms with Gasteiger partial charge in [0.25, 0.3) is 0 Å². The predicted molar refractivity (Wildman–Crippen MR) is 64.6 cm³/mol. The number of ether oxygens (including phenoxy) is 1. The van der Waals surface area contributed by atoms with Crippen molar-refractivity contribution in [3.63, 3.8) is 0 Å². The molecule has 2 heterocycles. The number of anilines is 1. The fourth-order valence-corrected chi connectivity index (χ4v) is 1.92. The lowest BCUT2D eigenvalue weighted by molar-refractivity contribution is 0.0940. The third kappa shape index (κ3) is 2.98. The first-order chi connectivity index (χ1) is 7.78. The van der Waals surface area contributed by atoms with Crippen LogP contribution in [0, 0.1) is 0 Å². The minimum Gasteiger partial charge on any atom is -0.380 e. The first-order valence-corrected chi connectivity index (χ1v) is 6.18. The van der Waals surface area contributed by atoms with Crippen molar-refractivity contribution in [2.45, 2.75) is 51.8 Å². The molecule has 1 aliphatic heterocycles. The van der Waals surface area contributed by atoms with Crippen LogP contribution in [0.15, 0.2) is 12.4 Å². The zero-order valence-electron chi connectivity index (χ0n) is 10.1. The summed E-state index contributed by atoms with van der Waals surface area (Å²) in [5, 5.41) is 7.75. The van der Waals surface area contributed by atoms with Crippen LogP contribution in [-0.2, 0) is 11.3 Å². The molecule has 0 spiro atoms. The van der Waals surface area contributed by atoms with Crippen LogP contribution in [-0.4, -0.2) is 28.5 Å². The Morgan fingerprint density at radius 3 is 3.25 bits per heavy atom. The van der Waals surface area contributed by atoms with Crippen molar-refractivity contribution in [3.05, 3.63) is 12.4 Å². The summed E-state index contributed by atoms with van der Waals surface area (Å²) >= 11 is 0. The Bertz CT molecular complexity index is 318. The van der Waals surface area contributed by atoms with E-state index in [0.717, 1.165) is 31.7 Å². The molecule has 1 aromatic heterocycles. The normalized spacial score (nSPS) is 22.2. The summed E-state index contributed by atoms with van der Waals surface area (Å²) < 4.78 is 7.56. The molecule has 4 nitrogen and oxygen atoms in total. The van der Waals surface area contributed by atoms with Gasteiger partial charge in [-0.25, -0.2) is 0 Å². The SMILES string of the molecule is CCC(C)Nc1cnn(CC2CCCO2)c1. The second kappa shape index (κ2) is 5.34. The summed E-state index contributed by atoms with van der Waals surface area (Å²) in [7, 11) is 0. The van der Waals surface area contributed by atoms with Crippen molar-refractivity contribution in [2.75, 3.05) is 11.9 Å². The van der Waals surface area contributed by atoms with E-state index in [-0.39, 0.29) is 0 Å². The number of nitrogens with one attached hydrogen (secondary N) is 1. The Labute approximate surface area is 97.0 Å². The molecule has 1 aliphatic rings. The molecular formula is C12H21N3O. The van der Waals surface area contributed by atoms with E-state index < -0.39 is 0 Å². The van der Waals surface area contributed by atoms with E-state index in [1.807, 2.05) is 10.9 Å². The van der Waals surface area contributed by atoms with Crippen LogP contribution in [0.1, 0.15) is 33.1 Å². The van der Waals surface area contributed by atoms with E-state index in [4.69, 9.17) is 4.74 Å². The molecule has 0 bridgehead atoms. The highest BCUT2D eigenvalue weighted by Crippen LogP contribution is 2.15. The van der Waals surface area contributed by atoms with Crippen LogP contribution >= 0.6 is 0 Å². The lowest BCUT2D eigenvalue weighted by Gasteiger charge is -2.10. The minimum absolute atomic E-state index is 0.358. The average Bonchev–Trinajstić information content (AvgIpc) is 2.91. The van der Waals surface area contributed by atoms with Crippen LogP contribution in [0.2, 0.25) is 0 Å². The highest BCUT2D eigenvalue weighted by atomic mass is 16.5. The molecule has 2 rings (SSSR count).